The summed E-state index contributed by atoms with van der Waals surface area (Å²) in [7, 11) is 0. The van der Waals surface area contributed by atoms with E-state index in [2.05, 4.69) is 20.1 Å². The van der Waals surface area contributed by atoms with E-state index in [1.165, 1.54) is 12.1 Å². The predicted molar refractivity (Wildman–Crippen MR) is 69.0 cm³/mol. The molecule has 0 amide bonds. The minimum absolute atomic E-state index is 0.257. The molecule has 0 bridgehead atoms. The second kappa shape index (κ2) is 5.59. The van der Waals surface area contributed by atoms with Gasteiger partial charge in [-0.15, -0.1) is 0 Å². The maximum Gasteiger partial charge on any atom is 0.336 e. The molecule has 0 saturated carbocycles. The standard InChI is InChI=1S/C11H8N6O2/c12-16-14-4-3-7-5-11(18)19-10-6-8(15-17-13)1-2-9(7)10/h1-2,5-6H,3-4H2. The van der Waals surface area contributed by atoms with Gasteiger partial charge in [-0.3, -0.25) is 0 Å². The van der Waals surface area contributed by atoms with Crippen LogP contribution in [0.4, 0.5) is 5.69 Å². The largest absolute Gasteiger partial charge is 0.423 e. The number of hydrogen-bond donors (Lipinski definition) is 0. The van der Waals surface area contributed by atoms with Gasteiger partial charge in [-0.05, 0) is 29.1 Å². The van der Waals surface area contributed by atoms with E-state index in [1.54, 1.807) is 12.1 Å². The van der Waals surface area contributed by atoms with Crippen LogP contribution in [0.2, 0.25) is 0 Å². The van der Waals surface area contributed by atoms with Crippen molar-refractivity contribution in [2.24, 2.45) is 10.2 Å². The first-order valence-electron chi connectivity index (χ1n) is 5.37. The van der Waals surface area contributed by atoms with E-state index in [4.69, 9.17) is 15.5 Å². The number of azide groups is 2. The van der Waals surface area contributed by atoms with E-state index >= 15 is 0 Å². The van der Waals surface area contributed by atoms with E-state index in [0.717, 1.165) is 10.9 Å². The third-order valence-electron chi connectivity index (χ3n) is 2.52. The summed E-state index contributed by atoms with van der Waals surface area (Å²) in [5, 5.41) is 7.60. The maximum absolute atomic E-state index is 11.4. The van der Waals surface area contributed by atoms with Crippen LogP contribution in [-0.2, 0) is 6.42 Å². The van der Waals surface area contributed by atoms with Gasteiger partial charge in [0.05, 0.1) is 0 Å². The van der Waals surface area contributed by atoms with Gasteiger partial charge in [-0.2, -0.15) is 0 Å². The highest BCUT2D eigenvalue weighted by Crippen LogP contribution is 2.23. The number of fused-ring (bicyclic) bond motifs is 1. The molecule has 0 aliphatic carbocycles. The molecule has 0 unspecified atom stereocenters. The zero-order valence-electron chi connectivity index (χ0n) is 9.72. The zero-order valence-corrected chi connectivity index (χ0v) is 9.72. The molecule has 0 saturated heterocycles. The van der Waals surface area contributed by atoms with Crippen molar-refractivity contribution in [1.82, 2.24) is 0 Å². The highest BCUT2D eigenvalue weighted by Gasteiger charge is 2.05. The SMILES string of the molecule is [N-]=[N+]=NCCc1cc(=O)oc2cc(N=[N+]=[N-])ccc12. The third-order valence-corrected chi connectivity index (χ3v) is 2.52. The lowest BCUT2D eigenvalue weighted by Crippen LogP contribution is -2.01. The van der Waals surface area contributed by atoms with Crippen LogP contribution in [0, 0.1) is 0 Å². The maximum atomic E-state index is 11.4. The molecule has 0 fully saturated rings. The first-order valence-corrected chi connectivity index (χ1v) is 5.37. The smallest absolute Gasteiger partial charge is 0.336 e. The molecule has 2 rings (SSSR count). The molecule has 1 aromatic carbocycles. The Labute approximate surface area is 106 Å². The second-order valence-electron chi connectivity index (χ2n) is 3.67. The number of nitrogens with zero attached hydrogens (tertiary/aromatic N) is 6. The van der Waals surface area contributed by atoms with Gasteiger partial charge in [0, 0.05) is 33.5 Å². The van der Waals surface area contributed by atoms with Crippen LogP contribution in [0.5, 0.6) is 0 Å². The Morgan fingerprint density at radius 2 is 2.05 bits per heavy atom. The van der Waals surface area contributed by atoms with E-state index in [1.807, 2.05) is 0 Å². The Bertz CT molecular complexity index is 768. The fourth-order valence-corrected chi connectivity index (χ4v) is 1.75. The van der Waals surface area contributed by atoms with Crippen molar-refractivity contribution in [3.8, 4) is 0 Å². The highest BCUT2D eigenvalue weighted by molar-refractivity contribution is 5.82. The normalized spacial score (nSPS) is 9.68. The predicted octanol–water partition coefficient (Wildman–Crippen LogP) is 3.59. The van der Waals surface area contributed by atoms with Crippen LogP contribution < -0.4 is 5.63 Å². The Kier molecular flexibility index (Phi) is 3.68. The van der Waals surface area contributed by atoms with E-state index in [0.29, 0.717) is 17.7 Å². The van der Waals surface area contributed by atoms with Crippen molar-refractivity contribution in [3.05, 3.63) is 61.1 Å². The summed E-state index contributed by atoms with van der Waals surface area (Å²) >= 11 is 0. The Balaban J connectivity index is 2.55. The van der Waals surface area contributed by atoms with Crippen molar-refractivity contribution in [2.75, 3.05) is 6.54 Å². The first kappa shape index (κ1) is 12.5. The highest BCUT2D eigenvalue weighted by atomic mass is 16.4. The minimum atomic E-state index is -0.499. The fraction of sp³-hybridized carbons (Fsp3) is 0.182. The van der Waals surface area contributed by atoms with Gasteiger partial charge >= 0.3 is 5.63 Å². The lowest BCUT2D eigenvalue weighted by atomic mass is 10.1. The third kappa shape index (κ3) is 2.84. The Morgan fingerprint density at radius 3 is 2.79 bits per heavy atom. The summed E-state index contributed by atoms with van der Waals surface area (Å²) in [5.41, 5.74) is 17.5. The van der Waals surface area contributed by atoms with Crippen LogP contribution in [-0.4, -0.2) is 6.54 Å². The average molecular weight is 256 g/mol. The summed E-state index contributed by atoms with van der Waals surface area (Å²) in [6.45, 7) is 0.257. The minimum Gasteiger partial charge on any atom is -0.423 e. The monoisotopic (exact) mass is 256 g/mol. The van der Waals surface area contributed by atoms with E-state index in [-0.39, 0.29) is 6.54 Å². The fourth-order valence-electron chi connectivity index (χ4n) is 1.75. The molecule has 8 nitrogen and oxygen atoms in total. The lowest BCUT2D eigenvalue weighted by Gasteiger charge is -2.03. The molecular weight excluding hydrogens is 248 g/mol. The first-order chi connectivity index (χ1) is 9.24. The van der Waals surface area contributed by atoms with Crippen LogP contribution >= 0.6 is 0 Å². The molecule has 0 radical (unpaired) electrons. The zero-order chi connectivity index (χ0) is 13.7. The summed E-state index contributed by atoms with van der Waals surface area (Å²) in [6.07, 6.45) is 0.438. The van der Waals surface area contributed by atoms with Crippen molar-refractivity contribution in [2.45, 2.75) is 6.42 Å². The summed E-state index contributed by atoms with van der Waals surface area (Å²) < 4.78 is 5.05. The topological polar surface area (TPSA) is 128 Å². The van der Waals surface area contributed by atoms with Gasteiger partial charge in [0.15, 0.2) is 0 Å². The molecule has 0 spiro atoms. The quantitative estimate of drug-likeness (QED) is 0.358. The van der Waals surface area contributed by atoms with E-state index in [9.17, 15) is 4.79 Å². The van der Waals surface area contributed by atoms with Crippen LogP contribution in [0.15, 0.2) is 43.7 Å². The summed E-state index contributed by atoms with van der Waals surface area (Å²) in [6, 6.07) is 6.18. The molecular formula is C11H8N6O2. The second-order valence-corrected chi connectivity index (χ2v) is 3.67. The molecule has 1 heterocycles. The number of hydrogen-bond acceptors (Lipinski definition) is 4. The van der Waals surface area contributed by atoms with Crippen LogP contribution in [0.25, 0.3) is 31.9 Å². The van der Waals surface area contributed by atoms with Crippen molar-refractivity contribution < 1.29 is 4.42 Å². The molecule has 0 aliphatic rings. The number of rotatable bonds is 4. The summed E-state index contributed by atoms with van der Waals surface area (Å²) in [5.74, 6) is 0. The molecule has 0 N–H and O–H groups in total. The molecule has 0 aliphatic heterocycles. The van der Waals surface area contributed by atoms with Gasteiger partial charge in [0.25, 0.3) is 0 Å². The molecule has 8 heteroatoms. The van der Waals surface area contributed by atoms with Crippen LogP contribution in [0.1, 0.15) is 5.56 Å². The van der Waals surface area contributed by atoms with Crippen molar-refractivity contribution in [3.63, 3.8) is 0 Å². The lowest BCUT2D eigenvalue weighted by molar-refractivity contribution is 0.559. The molecule has 2 aromatic rings. The van der Waals surface area contributed by atoms with Crippen molar-refractivity contribution in [1.29, 1.82) is 0 Å². The molecule has 94 valence electrons. The van der Waals surface area contributed by atoms with Crippen LogP contribution in [0.3, 0.4) is 0 Å². The van der Waals surface area contributed by atoms with Gasteiger partial charge in [0.2, 0.25) is 0 Å². The molecule has 1 aromatic heterocycles. The van der Waals surface area contributed by atoms with E-state index < -0.39 is 5.63 Å². The van der Waals surface area contributed by atoms with Gasteiger partial charge < -0.3 is 4.42 Å². The average Bonchev–Trinajstić information content (AvgIpc) is 2.38. The summed E-state index contributed by atoms with van der Waals surface area (Å²) in [4.78, 5) is 16.8. The molecule has 0 atom stereocenters. The van der Waals surface area contributed by atoms with Gasteiger partial charge in [0.1, 0.15) is 5.58 Å². The van der Waals surface area contributed by atoms with Gasteiger partial charge in [-0.25, -0.2) is 4.79 Å². The van der Waals surface area contributed by atoms with Gasteiger partial charge in [-0.1, -0.05) is 22.4 Å². The number of benzene rings is 1. The Hall–Kier alpha value is -2.95. The Morgan fingerprint density at radius 1 is 1.21 bits per heavy atom. The van der Waals surface area contributed by atoms with Crippen molar-refractivity contribution >= 4 is 16.7 Å². The molecule has 19 heavy (non-hydrogen) atoms.